The Morgan fingerprint density at radius 2 is 1.84 bits per heavy atom. The molecule has 1 aliphatic rings. The van der Waals surface area contributed by atoms with Gasteiger partial charge >= 0.3 is 12.0 Å². The largest absolute Gasteiger partial charge is 0.481 e. The van der Waals surface area contributed by atoms with Gasteiger partial charge in [-0.05, 0) is 23.6 Å². The Labute approximate surface area is 184 Å². The molecule has 1 saturated heterocycles. The second kappa shape index (κ2) is 9.29. The van der Waals surface area contributed by atoms with E-state index >= 15 is 0 Å². The molecule has 1 heterocycles. The highest BCUT2D eigenvalue weighted by atomic mass is 16.4. The molecule has 2 aromatic carbocycles. The van der Waals surface area contributed by atoms with Crippen LogP contribution in [0, 0.1) is 0 Å². The van der Waals surface area contributed by atoms with Crippen molar-refractivity contribution in [2.24, 2.45) is 10.9 Å². The second-order valence-corrected chi connectivity index (χ2v) is 7.48. The first kappa shape index (κ1) is 22.5. The van der Waals surface area contributed by atoms with Crippen LogP contribution in [0.15, 0.2) is 59.7 Å². The number of carbonyl (C=O) groups excluding carboxylic acids is 3. The van der Waals surface area contributed by atoms with Gasteiger partial charge in [-0.2, -0.15) is 5.10 Å². The van der Waals surface area contributed by atoms with Crippen molar-refractivity contribution in [2.75, 3.05) is 6.54 Å². The molecule has 2 atom stereocenters. The number of benzene rings is 2. The number of hydrogen-bond donors (Lipinski definition) is 4. The number of nitrogens with one attached hydrogen (secondary N) is 2. The minimum atomic E-state index is -1.35. The third-order valence-electron chi connectivity index (χ3n) is 5.20. The number of urea groups is 1. The molecule has 0 aliphatic carbocycles. The summed E-state index contributed by atoms with van der Waals surface area (Å²) < 4.78 is 0. The fourth-order valence-corrected chi connectivity index (χ4v) is 3.52. The van der Waals surface area contributed by atoms with Gasteiger partial charge in [0, 0.05) is 0 Å². The first-order valence-corrected chi connectivity index (χ1v) is 9.78. The van der Waals surface area contributed by atoms with Gasteiger partial charge in [-0.15, -0.1) is 0 Å². The van der Waals surface area contributed by atoms with E-state index in [1.807, 2.05) is 0 Å². The Morgan fingerprint density at radius 3 is 2.44 bits per heavy atom. The van der Waals surface area contributed by atoms with Crippen LogP contribution in [-0.2, 0) is 19.9 Å². The molecule has 0 bridgehead atoms. The average molecular weight is 437 g/mol. The number of nitrogens with zero attached hydrogens (tertiary/aromatic N) is 2. The molecule has 2 unspecified atom stereocenters. The molecule has 32 heavy (non-hydrogen) atoms. The molecular weight excluding hydrogens is 414 g/mol. The Morgan fingerprint density at radius 1 is 1.19 bits per heavy atom. The summed E-state index contributed by atoms with van der Waals surface area (Å²) in [7, 11) is 0. The highest BCUT2D eigenvalue weighted by Crippen LogP contribution is 2.29. The maximum absolute atomic E-state index is 13.0. The van der Waals surface area contributed by atoms with Crippen LogP contribution < -0.4 is 16.5 Å². The first-order valence-electron chi connectivity index (χ1n) is 9.78. The molecule has 3 rings (SSSR count). The van der Waals surface area contributed by atoms with Crippen LogP contribution in [0.3, 0.4) is 0 Å². The summed E-state index contributed by atoms with van der Waals surface area (Å²) in [6.45, 7) is 1.01. The highest BCUT2D eigenvalue weighted by Gasteiger charge is 2.49. The van der Waals surface area contributed by atoms with Gasteiger partial charge < -0.3 is 21.6 Å². The minimum absolute atomic E-state index is 0.341. The molecule has 10 nitrogen and oxygen atoms in total. The summed E-state index contributed by atoms with van der Waals surface area (Å²) in [4.78, 5) is 50.2. The molecular formula is C22H23N5O5. The van der Waals surface area contributed by atoms with Crippen molar-refractivity contribution < 1.29 is 24.3 Å². The van der Waals surface area contributed by atoms with Gasteiger partial charge in [0.15, 0.2) is 0 Å². The van der Waals surface area contributed by atoms with Gasteiger partial charge in [0.2, 0.25) is 5.91 Å². The Bertz CT molecular complexity index is 1050. The molecule has 5 N–H and O–H groups in total. The lowest BCUT2D eigenvalue weighted by Gasteiger charge is -2.23. The Kier molecular flexibility index (Phi) is 6.53. The number of nitrogens with two attached hydrogens (primary N) is 1. The maximum Gasteiger partial charge on any atom is 0.325 e. The van der Waals surface area contributed by atoms with Crippen LogP contribution in [0.25, 0.3) is 0 Å². The van der Waals surface area contributed by atoms with Crippen molar-refractivity contribution in [3.05, 3.63) is 71.3 Å². The molecule has 166 valence electrons. The third kappa shape index (κ3) is 4.75. The quantitative estimate of drug-likeness (QED) is 0.210. The zero-order valence-electron chi connectivity index (χ0n) is 17.3. The zero-order valence-corrected chi connectivity index (χ0v) is 17.3. The highest BCUT2D eigenvalue weighted by molar-refractivity contribution is 6.09. The Hall–Kier alpha value is -4.21. The van der Waals surface area contributed by atoms with Crippen molar-refractivity contribution in [2.45, 2.75) is 24.9 Å². The number of aliphatic carboxylic acids is 1. The number of carbonyl (C=O) groups is 4. The number of carboxylic acid groups (broad SMARTS) is 1. The van der Waals surface area contributed by atoms with Crippen LogP contribution in [0.1, 0.15) is 36.1 Å². The summed E-state index contributed by atoms with van der Waals surface area (Å²) >= 11 is 0. The van der Waals surface area contributed by atoms with E-state index in [0.29, 0.717) is 11.1 Å². The monoisotopic (exact) mass is 437 g/mol. The first-order chi connectivity index (χ1) is 15.2. The summed E-state index contributed by atoms with van der Waals surface area (Å²) in [5.74, 6) is 2.80. The number of hydrogen-bond acceptors (Lipinski definition) is 6. The van der Waals surface area contributed by atoms with Gasteiger partial charge in [0.1, 0.15) is 12.1 Å². The van der Waals surface area contributed by atoms with Gasteiger partial charge in [-0.1, -0.05) is 54.6 Å². The van der Waals surface area contributed by atoms with Gasteiger partial charge in [-0.25, -0.2) is 4.79 Å². The van der Waals surface area contributed by atoms with E-state index in [4.69, 9.17) is 5.84 Å². The average Bonchev–Trinajstić information content (AvgIpc) is 2.98. The van der Waals surface area contributed by atoms with E-state index in [2.05, 4.69) is 15.7 Å². The lowest BCUT2D eigenvalue weighted by molar-refractivity contribution is -0.138. The smallest absolute Gasteiger partial charge is 0.325 e. The molecule has 1 aliphatic heterocycles. The standard InChI is InChI=1S/C22H23N5O5/c1-22(16-9-7-14(8-10-16)12-24-23)20(31)27(21(32)26-22)13-18(28)25-17(11-19(29)30)15-5-3-2-4-6-15/h2-10,12,17H,11,13,23H2,1H3,(H,25,28)(H,26,32)(H,29,30)/b24-12+. The lowest BCUT2D eigenvalue weighted by Crippen LogP contribution is -2.44. The van der Waals surface area contributed by atoms with Gasteiger partial charge in [0.05, 0.1) is 18.7 Å². The van der Waals surface area contributed by atoms with E-state index in [1.54, 1.807) is 61.5 Å². The van der Waals surface area contributed by atoms with Gasteiger partial charge in [0.25, 0.3) is 5.91 Å². The molecule has 2 aromatic rings. The lowest BCUT2D eigenvalue weighted by atomic mass is 9.91. The Balaban J connectivity index is 1.74. The number of imide groups is 1. The molecule has 0 spiro atoms. The van der Waals surface area contributed by atoms with Crippen LogP contribution >= 0.6 is 0 Å². The van der Waals surface area contributed by atoms with Gasteiger partial charge in [-0.3, -0.25) is 19.3 Å². The summed E-state index contributed by atoms with van der Waals surface area (Å²) in [5, 5.41) is 17.8. The predicted octanol–water partition coefficient (Wildman–Crippen LogP) is 1.08. The number of hydrazone groups is 1. The third-order valence-corrected chi connectivity index (χ3v) is 5.20. The summed E-state index contributed by atoms with van der Waals surface area (Å²) in [5.41, 5.74) is 0.501. The molecule has 0 saturated carbocycles. The second-order valence-electron chi connectivity index (χ2n) is 7.48. The number of rotatable bonds is 8. The number of amides is 4. The van der Waals surface area contributed by atoms with Crippen molar-refractivity contribution in [1.29, 1.82) is 0 Å². The fraction of sp³-hybridized carbons (Fsp3) is 0.227. The van der Waals surface area contributed by atoms with E-state index in [1.165, 1.54) is 6.21 Å². The van der Waals surface area contributed by atoms with E-state index < -0.39 is 41.9 Å². The van der Waals surface area contributed by atoms with Crippen molar-refractivity contribution in [3.8, 4) is 0 Å². The van der Waals surface area contributed by atoms with Crippen molar-refractivity contribution in [1.82, 2.24) is 15.5 Å². The minimum Gasteiger partial charge on any atom is -0.481 e. The van der Waals surface area contributed by atoms with Crippen LogP contribution in [0.2, 0.25) is 0 Å². The molecule has 10 heteroatoms. The molecule has 4 amide bonds. The summed E-state index contributed by atoms with van der Waals surface area (Å²) in [6.07, 6.45) is 1.10. The predicted molar refractivity (Wildman–Crippen MR) is 115 cm³/mol. The summed E-state index contributed by atoms with van der Waals surface area (Å²) in [6, 6.07) is 13.8. The topological polar surface area (TPSA) is 154 Å². The van der Waals surface area contributed by atoms with Crippen molar-refractivity contribution in [3.63, 3.8) is 0 Å². The normalized spacial score (nSPS) is 19.1. The van der Waals surface area contributed by atoms with Crippen LogP contribution in [0.5, 0.6) is 0 Å². The van der Waals surface area contributed by atoms with Crippen LogP contribution in [0.4, 0.5) is 4.79 Å². The van der Waals surface area contributed by atoms with E-state index in [9.17, 15) is 24.3 Å². The van der Waals surface area contributed by atoms with Crippen LogP contribution in [-0.4, -0.2) is 46.6 Å². The maximum atomic E-state index is 13.0. The zero-order chi connectivity index (χ0) is 23.3. The fourth-order valence-electron chi connectivity index (χ4n) is 3.52. The van der Waals surface area contributed by atoms with E-state index in [-0.39, 0.29) is 6.42 Å². The van der Waals surface area contributed by atoms with E-state index in [0.717, 1.165) is 10.5 Å². The molecule has 0 aromatic heterocycles. The SMILES string of the molecule is CC1(c2ccc(/C=N/N)cc2)NC(=O)N(CC(=O)NC(CC(=O)O)c2ccccc2)C1=O. The molecule has 1 fully saturated rings. The molecule has 0 radical (unpaired) electrons. The number of carboxylic acids is 1. The van der Waals surface area contributed by atoms with Crippen molar-refractivity contribution >= 4 is 30.0 Å².